The van der Waals surface area contributed by atoms with E-state index in [1.807, 2.05) is 0 Å². The van der Waals surface area contributed by atoms with Crippen molar-refractivity contribution >= 4 is 52.7 Å². The smallest absolute Gasteiger partial charge is 0.150 e. The van der Waals surface area contributed by atoms with Gasteiger partial charge < -0.3 is 9.90 Å². The molecule has 0 saturated carbocycles. The number of nitrogens with one attached hydrogen (secondary N) is 1. The third-order valence-corrected chi connectivity index (χ3v) is 3.60. The number of anilines is 1. The molecule has 22 heavy (non-hydrogen) atoms. The Balaban J connectivity index is 2.29. The summed E-state index contributed by atoms with van der Waals surface area (Å²) in [4.78, 5) is 14.4. The predicted molar refractivity (Wildman–Crippen MR) is 81.2 cm³/mol. The Kier molecular flexibility index (Phi) is 5.18. The molecule has 0 aliphatic rings. The summed E-state index contributed by atoms with van der Waals surface area (Å²) < 4.78 is 12.8. The van der Waals surface area contributed by atoms with Crippen molar-refractivity contribution in [3.63, 3.8) is 0 Å². The average Bonchev–Trinajstić information content (AvgIpc) is 2.48. The minimum atomic E-state index is -1.60. The number of aromatic carboxylic acids is 1. The third kappa shape index (κ3) is 3.65. The minimum Gasteiger partial charge on any atom is -0.543 e. The van der Waals surface area contributed by atoms with Crippen LogP contribution in [-0.4, -0.2) is 17.2 Å². The molecule has 2 rings (SSSR count). The van der Waals surface area contributed by atoms with Crippen LogP contribution in [0.4, 0.5) is 10.1 Å². The van der Waals surface area contributed by atoms with Crippen LogP contribution in [0, 0.1) is 5.82 Å². The Hall–Kier alpha value is -1.89. The molecule has 5 nitrogen and oxygen atoms in total. The van der Waals surface area contributed by atoms with Crippen LogP contribution in [0.2, 0.25) is 15.2 Å². The standard InChI is InChI=1S/C13H7Cl3FN3O2/c14-8-10(9(15)12(16)19-11(8)13(21)22)20-18-5-6-1-3-7(17)4-2-6/h1-5H,(H,19,20)(H,21,22)/p-1/b18-5-. The Labute approximate surface area is 139 Å². The van der Waals surface area contributed by atoms with Crippen LogP contribution in [0.25, 0.3) is 0 Å². The molecule has 1 N–H and O–H groups in total. The van der Waals surface area contributed by atoms with Crippen molar-refractivity contribution in [2.24, 2.45) is 5.10 Å². The number of halogens is 4. The number of hydrogen-bond donors (Lipinski definition) is 1. The number of hydrazone groups is 1. The maximum absolute atomic E-state index is 12.8. The van der Waals surface area contributed by atoms with Crippen molar-refractivity contribution in [3.8, 4) is 0 Å². The van der Waals surface area contributed by atoms with Crippen molar-refractivity contribution in [2.75, 3.05) is 5.43 Å². The summed E-state index contributed by atoms with van der Waals surface area (Å²) in [6.45, 7) is 0. The molecule has 0 fully saturated rings. The number of aromatic nitrogens is 1. The number of carboxylic acids is 1. The molecule has 9 heteroatoms. The largest absolute Gasteiger partial charge is 0.543 e. The maximum Gasteiger partial charge on any atom is 0.150 e. The molecule has 0 atom stereocenters. The van der Waals surface area contributed by atoms with E-state index in [2.05, 4.69) is 15.5 Å². The van der Waals surface area contributed by atoms with Crippen LogP contribution in [0.5, 0.6) is 0 Å². The first-order valence-electron chi connectivity index (χ1n) is 5.70. The van der Waals surface area contributed by atoms with Crippen molar-refractivity contribution in [2.45, 2.75) is 0 Å². The van der Waals surface area contributed by atoms with Gasteiger partial charge in [-0.15, -0.1) is 0 Å². The number of nitrogens with zero attached hydrogens (tertiary/aromatic N) is 2. The van der Waals surface area contributed by atoms with Gasteiger partial charge in [-0.2, -0.15) is 5.10 Å². The fraction of sp³-hybridized carbons (Fsp3) is 0. The molecule has 1 aromatic heterocycles. The number of carboxylic acid groups (broad SMARTS) is 1. The van der Waals surface area contributed by atoms with Crippen LogP contribution in [0.15, 0.2) is 29.4 Å². The number of pyridine rings is 1. The number of hydrogen-bond acceptors (Lipinski definition) is 5. The van der Waals surface area contributed by atoms with Gasteiger partial charge in [0.05, 0.1) is 22.9 Å². The highest BCUT2D eigenvalue weighted by Gasteiger charge is 2.16. The van der Waals surface area contributed by atoms with Gasteiger partial charge in [0.1, 0.15) is 16.5 Å². The highest BCUT2D eigenvalue weighted by atomic mass is 35.5. The van der Waals surface area contributed by atoms with Gasteiger partial charge in [0.25, 0.3) is 0 Å². The Morgan fingerprint density at radius 3 is 2.45 bits per heavy atom. The monoisotopic (exact) mass is 360 g/mol. The maximum atomic E-state index is 12.8. The van der Waals surface area contributed by atoms with E-state index in [-0.39, 0.29) is 26.7 Å². The lowest BCUT2D eigenvalue weighted by Crippen LogP contribution is -2.24. The number of carbonyl (C=O) groups is 1. The van der Waals surface area contributed by atoms with E-state index in [4.69, 9.17) is 34.8 Å². The first-order valence-corrected chi connectivity index (χ1v) is 6.84. The summed E-state index contributed by atoms with van der Waals surface area (Å²) in [7, 11) is 0. The van der Waals surface area contributed by atoms with Crippen LogP contribution in [0.3, 0.4) is 0 Å². The van der Waals surface area contributed by atoms with Crippen LogP contribution >= 0.6 is 34.8 Å². The summed E-state index contributed by atoms with van der Waals surface area (Å²) in [6, 6.07) is 5.52. The van der Waals surface area contributed by atoms with Gasteiger partial charge in [0.2, 0.25) is 0 Å². The molecule has 0 unspecified atom stereocenters. The van der Waals surface area contributed by atoms with E-state index in [1.165, 1.54) is 30.5 Å². The molecule has 0 spiro atoms. The molecule has 0 saturated heterocycles. The second-order valence-electron chi connectivity index (χ2n) is 3.96. The highest BCUT2D eigenvalue weighted by Crippen LogP contribution is 2.36. The average molecular weight is 362 g/mol. The number of rotatable bonds is 4. The molecule has 0 bridgehead atoms. The summed E-state index contributed by atoms with van der Waals surface area (Å²) in [5.41, 5.74) is 2.49. The van der Waals surface area contributed by atoms with E-state index in [0.717, 1.165) is 0 Å². The van der Waals surface area contributed by atoms with Crippen LogP contribution in [-0.2, 0) is 0 Å². The first-order chi connectivity index (χ1) is 10.4. The molecule has 0 amide bonds. The van der Waals surface area contributed by atoms with Crippen molar-refractivity contribution < 1.29 is 14.3 Å². The second-order valence-corrected chi connectivity index (χ2v) is 5.08. The number of benzene rings is 1. The lowest BCUT2D eigenvalue weighted by atomic mass is 10.2. The normalized spacial score (nSPS) is 10.9. The van der Waals surface area contributed by atoms with E-state index < -0.39 is 11.7 Å². The van der Waals surface area contributed by atoms with Gasteiger partial charge in [0, 0.05) is 0 Å². The Morgan fingerprint density at radius 1 is 1.23 bits per heavy atom. The lowest BCUT2D eigenvalue weighted by molar-refractivity contribution is -0.255. The van der Waals surface area contributed by atoms with Crippen molar-refractivity contribution in [1.29, 1.82) is 0 Å². The zero-order valence-electron chi connectivity index (χ0n) is 10.6. The topological polar surface area (TPSA) is 77.4 Å². The molecule has 114 valence electrons. The zero-order valence-corrected chi connectivity index (χ0v) is 12.9. The molecule has 2 aromatic rings. The predicted octanol–water partition coefficient (Wildman–Crippen LogP) is 2.99. The SMILES string of the molecule is O=C([O-])c1nc(Cl)c(Cl)c(N/N=C\c2ccc(F)cc2)c1Cl. The summed E-state index contributed by atoms with van der Waals surface area (Å²) >= 11 is 17.5. The fourth-order valence-corrected chi connectivity index (χ4v) is 2.13. The molecule has 0 aliphatic heterocycles. The van der Waals surface area contributed by atoms with E-state index in [0.29, 0.717) is 5.56 Å². The highest BCUT2D eigenvalue weighted by molar-refractivity contribution is 6.46. The van der Waals surface area contributed by atoms with E-state index in [9.17, 15) is 14.3 Å². The lowest BCUT2D eigenvalue weighted by Gasteiger charge is -2.12. The van der Waals surface area contributed by atoms with Crippen LogP contribution in [0.1, 0.15) is 16.1 Å². The van der Waals surface area contributed by atoms with E-state index in [1.54, 1.807) is 0 Å². The van der Waals surface area contributed by atoms with Crippen LogP contribution < -0.4 is 10.5 Å². The summed E-state index contributed by atoms with van der Waals surface area (Å²) in [6.07, 6.45) is 1.36. The van der Waals surface area contributed by atoms with Gasteiger partial charge in [-0.1, -0.05) is 46.9 Å². The Morgan fingerprint density at radius 2 is 1.86 bits per heavy atom. The zero-order chi connectivity index (χ0) is 16.3. The molecular formula is C13H6Cl3FN3O2-. The van der Waals surface area contributed by atoms with Gasteiger partial charge in [-0.05, 0) is 17.7 Å². The van der Waals surface area contributed by atoms with Gasteiger partial charge in [-0.3, -0.25) is 5.43 Å². The van der Waals surface area contributed by atoms with Gasteiger partial charge in [0.15, 0.2) is 5.15 Å². The molecule has 1 heterocycles. The Bertz CT molecular complexity index is 751. The molecular weight excluding hydrogens is 356 g/mol. The van der Waals surface area contributed by atoms with E-state index >= 15 is 0 Å². The van der Waals surface area contributed by atoms with Crippen molar-refractivity contribution in [3.05, 3.63) is 56.5 Å². The quantitative estimate of drug-likeness (QED) is 0.516. The summed E-state index contributed by atoms with van der Waals surface area (Å²) in [5, 5.41) is 14.1. The van der Waals surface area contributed by atoms with Crippen molar-refractivity contribution in [1.82, 2.24) is 4.98 Å². The molecule has 1 aromatic carbocycles. The fourth-order valence-electron chi connectivity index (χ4n) is 1.47. The molecule has 0 radical (unpaired) electrons. The third-order valence-electron chi connectivity index (χ3n) is 2.49. The van der Waals surface area contributed by atoms with Gasteiger partial charge in [-0.25, -0.2) is 9.37 Å². The second kappa shape index (κ2) is 6.91. The first kappa shape index (κ1) is 16.5. The van der Waals surface area contributed by atoms with Gasteiger partial charge >= 0.3 is 0 Å². The summed E-state index contributed by atoms with van der Waals surface area (Å²) in [5.74, 6) is -1.98. The minimum absolute atomic E-state index is 0.0269. The molecule has 0 aliphatic carbocycles. The number of carbonyl (C=O) groups excluding carboxylic acids is 1.